The van der Waals surface area contributed by atoms with Crippen molar-refractivity contribution in [1.29, 1.82) is 0 Å². The molecule has 0 heterocycles. The molecule has 0 saturated heterocycles. The fourth-order valence-corrected chi connectivity index (χ4v) is 2.49. The maximum atomic E-state index is 12.7. The fourth-order valence-electron chi connectivity index (χ4n) is 2.49. The Bertz CT molecular complexity index is 574. The van der Waals surface area contributed by atoms with Gasteiger partial charge in [0.05, 0.1) is 5.92 Å². The number of anilines is 1. The zero-order valence-electron chi connectivity index (χ0n) is 13.0. The summed E-state index contributed by atoms with van der Waals surface area (Å²) in [5.74, 6) is 0.259. The molecule has 2 aromatic rings. The van der Waals surface area contributed by atoms with E-state index in [-0.39, 0.29) is 11.8 Å². The van der Waals surface area contributed by atoms with Gasteiger partial charge in [0.25, 0.3) is 0 Å². The van der Waals surface area contributed by atoms with Gasteiger partial charge in [-0.2, -0.15) is 0 Å². The predicted molar refractivity (Wildman–Crippen MR) is 88.4 cm³/mol. The third-order valence-corrected chi connectivity index (χ3v) is 3.97. The van der Waals surface area contributed by atoms with Gasteiger partial charge in [-0.15, -0.1) is 0 Å². The largest absolute Gasteiger partial charge is 0.326 e. The van der Waals surface area contributed by atoms with Gasteiger partial charge in [0.1, 0.15) is 0 Å². The highest BCUT2D eigenvalue weighted by Crippen LogP contribution is 2.28. The minimum Gasteiger partial charge on any atom is -0.326 e. The Morgan fingerprint density at radius 3 is 2.24 bits per heavy atom. The lowest BCUT2D eigenvalue weighted by atomic mass is 9.85. The molecule has 0 bridgehead atoms. The van der Waals surface area contributed by atoms with Gasteiger partial charge in [-0.3, -0.25) is 4.79 Å². The number of hydrogen-bond donors (Lipinski definition) is 1. The third-order valence-electron chi connectivity index (χ3n) is 3.97. The van der Waals surface area contributed by atoms with Crippen molar-refractivity contribution in [3.63, 3.8) is 0 Å². The summed E-state index contributed by atoms with van der Waals surface area (Å²) in [4.78, 5) is 12.7. The van der Waals surface area contributed by atoms with E-state index in [2.05, 4.69) is 19.2 Å². The zero-order chi connectivity index (χ0) is 15.2. The molecule has 0 fully saturated rings. The monoisotopic (exact) mass is 281 g/mol. The summed E-state index contributed by atoms with van der Waals surface area (Å²) < 4.78 is 0. The lowest BCUT2D eigenvalue weighted by molar-refractivity contribution is -0.118. The standard InChI is InChI=1S/C19H23NO/c1-4-15(3)18(16-8-6-5-7-9-16)19(21)20-17-12-10-14(2)11-13-17/h5-13,15,18H,4H2,1-3H3,(H,20,21)/t15-,18+/m0/s1. The topological polar surface area (TPSA) is 29.1 Å². The molecule has 2 rings (SSSR count). The van der Waals surface area contributed by atoms with Crippen LogP contribution in [0.3, 0.4) is 0 Å². The zero-order valence-corrected chi connectivity index (χ0v) is 13.0. The molecular weight excluding hydrogens is 258 g/mol. The second kappa shape index (κ2) is 7.07. The first-order chi connectivity index (χ1) is 10.1. The molecule has 1 N–H and O–H groups in total. The number of aryl methyl sites for hydroxylation is 1. The van der Waals surface area contributed by atoms with E-state index < -0.39 is 0 Å². The maximum Gasteiger partial charge on any atom is 0.232 e. The fraction of sp³-hybridized carbons (Fsp3) is 0.316. The molecule has 2 atom stereocenters. The summed E-state index contributed by atoms with van der Waals surface area (Å²) in [6.07, 6.45) is 0.973. The van der Waals surface area contributed by atoms with Gasteiger partial charge in [-0.1, -0.05) is 68.3 Å². The van der Waals surface area contributed by atoms with E-state index in [1.54, 1.807) is 0 Å². The molecule has 2 aromatic carbocycles. The van der Waals surface area contributed by atoms with E-state index in [9.17, 15) is 4.79 Å². The quantitative estimate of drug-likeness (QED) is 0.841. The Kier molecular flexibility index (Phi) is 5.15. The smallest absolute Gasteiger partial charge is 0.232 e. The molecular formula is C19H23NO. The second-order valence-electron chi connectivity index (χ2n) is 5.63. The van der Waals surface area contributed by atoms with Gasteiger partial charge < -0.3 is 5.32 Å². The van der Waals surface area contributed by atoms with Gasteiger partial charge in [-0.05, 0) is 30.5 Å². The van der Waals surface area contributed by atoms with Crippen molar-refractivity contribution in [1.82, 2.24) is 0 Å². The first-order valence-corrected chi connectivity index (χ1v) is 7.54. The van der Waals surface area contributed by atoms with Crippen LogP contribution in [-0.2, 0) is 4.79 Å². The van der Waals surface area contributed by atoms with Crippen LogP contribution in [0.5, 0.6) is 0 Å². The summed E-state index contributed by atoms with van der Waals surface area (Å²) >= 11 is 0. The van der Waals surface area contributed by atoms with Crippen molar-refractivity contribution >= 4 is 11.6 Å². The molecule has 0 aliphatic heterocycles. The average Bonchev–Trinajstić information content (AvgIpc) is 2.50. The highest BCUT2D eigenvalue weighted by molar-refractivity contribution is 5.96. The Hall–Kier alpha value is -2.09. The highest BCUT2D eigenvalue weighted by atomic mass is 16.1. The van der Waals surface area contributed by atoms with Crippen LogP contribution in [0.2, 0.25) is 0 Å². The summed E-state index contributed by atoms with van der Waals surface area (Å²) in [6.45, 7) is 6.30. The number of carbonyl (C=O) groups excluding carboxylic acids is 1. The first-order valence-electron chi connectivity index (χ1n) is 7.54. The number of rotatable bonds is 5. The molecule has 0 aliphatic rings. The number of benzene rings is 2. The lowest BCUT2D eigenvalue weighted by Crippen LogP contribution is -2.26. The predicted octanol–water partition coefficient (Wildman–Crippen LogP) is 4.76. The van der Waals surface area contributed by atoms with E-state index in [1.165, 1.54) is 5.56 Å². The second-order valence-corrected chi connectivity index (χ2v) is 5.63. The van der Waals surface area contributed by atoms with Gasteiger partial charge in [0.2, 0.25) is 5.91 Å². The van der Waals surface area contributed by atoms with Crippen LogP contribution < -0.4 is 5.32 Å². The average molecular weight is 281 g/mol. The number of amides is 1. The van der Waals surface area contributed by atoms with E-state index in [0.29, 0.717) is 5.92 Å². The molecule has 0 aromatic heterocycles. The van der Waals surface area contributed by atoms with Crippen LogP contribution in [0.4, 0.5) is 5.69 Å². The van der Waals surface area contributed by atoms with Crippen molar-refractivity contribution in [3.05, 3.63) is 65.7 Å². The van der Waals surface area contributed by atoms with Crippen LogP contribution in [-0.4, -0.2) is 5.91 Å². The normalized spacial score (nSPS) is 13.5. The van der Waals surface area contributed by atoms with Gasteiger partial charge in [0, 0.05) is 5.69 Å². The van der Waals surface area contributed by atoms with Crippen molar-refractivity contribution in [3.8, 4) is 0 Å². The van der Waals surface area contributed by atoms with Crippen molar-refractivity contribution in [2.45, 2.75) is 33.1 Å². The van der Waals surface area contributed by atoms with Crippen LogP contribution >= 0.6 is 0 Å². The van der Waals surface area contributed by atoms with E-state index >= 15 is 0 Å². The molecule has 0 aliphatic carbocycles. The number of hydrogen-bond acceptors (Lipinski definition) is 1. The molecule has 110 valence electrons. The summed E-state index contributed by atoms with van der Waals surface area (Å²) in [5.41, 5.74) is 3.13. The Labute approximate surface area is 127 Å². The van der Waals surface area contributed by atoms with Gasteiger partial charge in [-0.25, -0.2) is 0 Å². The lowest BCUT2D eigenvalue weighted by Gasteiger charge is -2.22. The molecule has 21 heavy (non-hydrogen) atoms. The highest BCUT2D eigenvalue weighted by Gasteiger charge is 2.25. The van der Waals surface area contributed by atoms with E-state index in [0.717, 1.165) is 17.7 Å². The van der Waals surface area contributed by atoms with Gasteiger partial charge >= 0.3 is 0 Å². The summed E-state index contributed by atoms with van der Waals surface area (Å²) in [5, 5.41) is 3.04. The van der Waals surface area contributed by atoms with E-state index in [4.69, 9.17) is 0 Å². The third kappa shape index (κ3) is 3.94. The molecule has 0 saturated carbocycles. The van der Waals surface area contributed by atoms with Crippen LogP contribution in [0.25, 0.3) is 0 Å². The Morgan fingerprint density at radius 2 is 1.67 bits per heavy atom. The minimum atomic E-state index is -0.113. The van der Waals surface area contributed by atoms with Crippen LogP contribution in [0.1, 0.15) is 37.3 Å². The van der Waals surface area contributed by atoms with Crippen molar-refractivity contribution < 1.29 is 4.79 Å². The van der Waals surface area contributed by atoms with Crippen molar-refractivity contribution in [2.75, 3.05) is 5.32 Å². The first kappa shape index (κ1) is 15.3. The molecule has 2 nitrogen and oxygen atoms in total. The molecule has 0 unspecified atom stereocenters. The molecule has 0 spiro atoms. The molecule has 1 amide bonds. The van der Waals surface area contributed by atoms with Crippen LogP contribution in [0.15, 0.2) is 54.6 Å². The maximum absolute atomic E-state index is 12.7. The summed E-state index contributed by atoms with van der Waals surface area (Å²) in [7, 11) is 0. The Balaban J connectivity index is 2.20. The summed E-state index contributed by atoms with van der Waals surface area (Å²) in [6, 6.07) is 17.9. The Morgan fingerprint density at radius 1 is 1.05 bits per heavy atom. The van der Waals surface area contributed by atoms with Crippen molar-refractivity contribution in [2.24, 2.45) is 5.92 Å². The molecule has 2 heteroatoms. The van der Waals surface area contributed by atoms with E-state index in [1.807, 2.05) is 61.5 Å². The number of nitrogens with one attached hydrogen (secondary N) is 1. The van der Waals surface area contributed by atoms with Gasteiger partial charge in [0.15, 0.2) is 0 Å². The SMILES string of the molecule is CC[C@H](C)[C@@H](C(=O)Nc1ccc(C)cc1)c1ccccc1. The van der Waals surface area contributed by atoms with Crippen LogP contribution in [0, 0.1) is 12.8 Å². The molecule has 0 radical (unpaired) electrons. The number of carbonyl (C=O) groups is 1. The minimum absolute atomic E-state index is 0.0689.